The summed E-state index contributed by atoms with van der Waals surface area (Å²) in [4.78, 5) is 35.3. The van der Waals surface area contributed by atoms with Crippen LogP contribution in [0, 0.1) is 0 Å². The van der Waals surface area contributed by atoms with Gasteiger partial charge in [0, 0.05) is 50.6 Å². The first-order chi connectivity index (χ1) is 19.7. The first-order valence-corrected chi connectivity index (χ1v) is 13.1. The number of aromatic nitrogens is 4. The quantitative estimate of drug-likeness (QED) is 0.334. The Kier molecular flexibility index (Phi) is 7.54. The number of piperidine rings is 1. The minimum Gasteiger partial charge on any atom is -0.347 e. The molecule has 2 aromatic heterocycles. The molecule has 5 rings (SSSR count). The van der Waals surface area contributed by atoms with Crippen LogP contribution in [-0.4, -0.2) is 55.6 Å². The maximum atomic E-state index is 13.8. The van der Waals surface area contributed by atoms with E-state index in [1.165, 1.54) is 36.5 Å². The number of nitrogens with zero attached hydrogens (tertiary/aromatic N) is 5. The van der Waals surface area contributed by atoms with Crippen LogP contribution in [0.15, 0.2) is 48.8 Å². The maximum absolute atomic E-state index is 13.8. The molecular formula is C27H23ClF6N6O2. The Labute approximate surface area is 240 Å². The molecule has 0 radical (unpaired) electrons. The van der Waals surface area contributed by atoms with E-state index < -0.39 is 52.3 Å². The van der Waals surface area contributed by atoms with E-state index in [-0.39, 0.29) is 37.3 Å². The van der Waals surface area contributed by atoms with Crippen molar-refractivity contribution in [1.82, 2.24) is 30.0 Å². The first-order valence-electron chi connectivity index (χ1n) is 12.7. The van der Waals surface area contributed by atoms with E-state index in [4.69, 9.17) is 11.6 Å². The molecule has 0 saturated carbocycles. The molecule has 222 valence electrons. The number of nitrogens with one attached hydrogen (secondary N) is 1. The van der Waals surface area contributed by atoms with Crippen molar-refractivity contribution >= 4 is 29.5 Å². The van der Waals surface area contributed by atoms with Gasteiger partial charge in [-0.3, -0.25) is 24.2 Å². The number of carbonyl (C=O) groups is 2. The number of hydrogen-bond donors (Lipinski definition) is 1. The van der Waals surface area contributed by atoms with E-state index in [1.807, 2.05) is 0 Å². The second kappa shape index (κ2) is 10.7. The highest BCUT2D eigenvalue weighted by Crippen LogP contribution is 2.41. The van der Waals surface area contributed by atoms with Crippen LogP contribution in [0.2, 0.25) is 0 Å². The van der Waals surface area contributed by atoms with Crippen molar-refractivity contribution in [2.24, 2.45) is 7.05 Å². The molecule has 42 heavy (non-hydrogen) atoms. The molecule has 1 unspecified atom stereocenters. The second-order valence-electron chi connectivity index (χ2n) is 10.1. The zero-order valence-corrected chi connectivity index (χ0v) is 22.6. The summed E-state index contributed by atoms with van der Waals surface area (Å²) < 4.78 is 79.9. The summed E-state index contributed by atoms with van der Waals surface area (Å²) in [6.45, 7) is 0.0655. The van der Waals surface area contributed by atoms with Crippen LogP contribution >= 0.6 is 11.6 Å². The lowest BCUT2D eigenvalue weighted by molar-refractivity contribution is -0.141. The normalized spacial score (nSPS) is 22.5. The molecule has 3 heterocycles. The molecule has 0 spiro atoms. The van der Waals surface area contributed by atoms with Crippen LogP contribution in [-0.2, 0) is 29.1 Å². The number of amides is 2. The van der Waals surface area contributed by atoms with Gasteiger partial charge in [-0.15, -0.1) is 11.6 Å². The third kappa shape index (κ3) is 5.59. The summed E-state index contributed by atoms with van der Waals surface area (Å²) in [5.74, 6) is -2.05. The van der Waals surface area contributed by atoms with Crippen molar-refractivity contribution in [2.75, 3.05) is 13.1 Å². The minimum absolute atomic E-state index is 0.0396. The number of hydrogen-bond acceptors (Lipinski definition) is 5. The number of rotatable bonds is 4. The molecule has 1 aromatic carbocycles. The summed E-state index contributed by atoms with van der Waals surface area (Å²) in [6, 6.07) is 4.18. The average Bonchev–Trinajstić information content (AvgIpc) is 3.35. The van der Waals surface area contributed by atoms with Gasteiger partial charge in [-0.25, -0.2) is 0 Å². The van der Waals surface area contributed by atoms with Crippen LogP contribution < -0.4 is 5.32 Å². The molecule has 0 bridgehead atoms. The molecule has 1 N–H and O–H groups in total. The van der Waals surface area contributed by atoms with E-state index >= 15 is 0 Å². The van der Waals surface area contributed by atoms with Gasteiger partial charge in [-0.2, -0.15) is 31.4 Å². The number of allylic oxidation sites excluding steroid dienone is 1. The van der Waals surface area contributed by atoms with Crippen LogP contribution in [0.25, 0.3) is 6.08 Å². The smallest absolute Gasteiger partial charge is 0.347 e. The predicted octanol–water partition coefficient (Wildman–Crippen LogP) is 4.91. The van der Waals surface area contributed by atoms with Gasteiger partial charge in [0.15, 0.2) is 10.6 Å². The zero-order valence-electron chi connectivity index (χ0n) is 21.9. The van der Waals surface area contributed by atoms with Crippen molar-refractivity contribution in [3.05, 3.63) is 82.7 Å². The highest BCUT2D eigenvalue weighted by atomic mass is 35.5. The van der Waals surface area contributed by atoms with Gasteiger partial charge in [-0.1, -0.05) is 18.2 Å². The molecule has 1 saturated heterocycles. The van der Waals surface area contributed by atoms with E-state index in [2.05, 4.69) is 20.4 Å². The molecule has 8 nitrogen and oxygen atoms in total. The van der Waals surface area contributed by atoms with Crippen LogP contribution in [0.3, 0.4) is 0 Å². The Morgan fingerprint density at radius 2 is 1.74 bits per heavy atom. The topological polar surface area (TPSA) is 93.0 Å². The fourth-order valence-corrected chi connectivity index (χ4v) is 5.63. The Bertz CT molecular complexity index is 1540. The minimum atomic E-state index is -4.76. The van der Waals surface area contributed by atoms with E-state index in [9.17, 15) is 35.9 Å². The van der Waals surface area contributed by atoms with Gasteiger partial charge in [0.1, 0.15) is 5.69 Å². The molecule has 1 aliphatic heterocycles. The zero-order chi connectivity index (χ0) is 30.4. The number of carbonyl (C=O) groups excluding carboxylic acids is 2. The monoisotopic (exact) mass is 612 g/mol. The molecule has 1 aliphatic carbocycles. The predicted molar refractivity (Wildman–Crippen MR) is 138 cm³/mol. The van der Waals surface area contributed by atoms with Gasteiger partial charge in [-0.05, 0) is 36.6 Å². The van der Waals surface area contributed by atoms with Crippen molar-refractivity contribution < 1.29 is 35.9 Å². The Balaban J connectivity index is 1.44. The number of aryl methyl sites for hydroxylation is 1. The largest absolute Gasteiger partial charge is 0.435 e. The summed E-state index contributed by atoms with van der Waals surface area (Å²) in [5.41, 5.74) is -1.38. The highest BCUT2D eigenvalue weighted by Gasteiger charge is 2.47. The standard InChI is InChI=1S/C27H23ClF6N6O2/c1-39-20(13-21(38-39)27(32,33)34)23(41)37-18-8-12-40(14-17(18)15-4-6-16(7-5-15)26(29,30)31)24(42)25(28)9-2-3-19-22(25)36-11-10-35-19/h2-7,10-11,13,17-18H,8-9,12,14H2,1H3,(H,37,41)/t17-,18+,25?/m0/s1. The Hall–Kier alpha value is -3.94. The van der Waals surface area contributed by atoms with Crippen molar-refractivity contribution in [1.29, 1.82) is 0 Å². The third-order valence-corrected chi connectivity index (χ3v) is 7.90. The van der Waals surface area contributed by atoms with Crippen molar-refractivity contribution in [3.8, 4) is 0 Å². The maximum Gasteiger partial charge on any atom is 0.435 e. The molecule has 2 aliphatic rings. The lowest BCUT2D eigenvalue weighted by atomic mass is 9.84. The van der Waals surface area contributed by atoms with Crippen molar-refractivity contribution in [2.45, 2.75) is 42.0 Å². The lowest BCUT2D eigenvalue weighted by Gasteiger charge is -2.42. The Morgan fingerprint density at radius 3 is 2.38 bits per heavy atom. The van der Waals surface area contributed by atoms with Crippen LogP contribution in [0.4, 0.5) is 26.3 Å². The van der Waals surface area contributed by atoms with Crippen LogP contribution in [0.5, 0.6) is 0 Å². The van der Waals surface area contributed by atoms with E-state index in [0.717, 1.165) is 16.8 Å². The molecule has 2 amide bonds. The SMILES string of the molecule is Cn1nc(C(F)(F)F)cc1C(=O)N[C@@H]1CCN(C(=O)C2(Cl)CC=Cc3nccnc32)C[C@H]1c1ccc(C(F)(F)F)cc1. The number of alkyl halides is 7. The van der Waals surface area contributed by atoms with Gasteiger partial charge in [0.05, 0.1) is 17.0 Å². The first kappa shape index (κ1) is 29.5. The lowest BCUT2D eigenvalue weighted by Crippen LogP contribution is -2.55. The highest BCUT2D eigenvalue weighted by molar-refractivity contribution is 6.35. The van der Waals surface area contributed by atoms with Gasteiger partial charge in [0.2, 0.25) is 5.91 Å². The fourth-order valence-electron chi connectivity index (χ4n) is 5.27. The number of benzene rings is 1. The molecule has 15 heteroatoms. The molecule has 3 aromatic rings. The van der Waals surface area contributed by atoms with E-state index in [1.54, 1.807) is 12.2 Å². The van der Waals surface area contributed by atoms with Crippen LogP contribution in [0.1, 0.15) is 57.5 Å². The average molecular weight is 613 g/mol. The third-order valence-electron chi connectivity index (χ3n) is 7.40. The molecular weight excluding hydrogens is 590 g/mol. The molecule has 1 fully saturated rings. The molecule has 3 atom stereocenters. The summed E-state index contributed by atoms with van der Waals surface area (Å²) in [6.07, 6.45) is -2.80. The Morgan fingerprint density at radius 1 is 1.05 bits per heavy atom. The summed E-state index contributed by atoms with van der Waals surface area (Å²) in [7, 11) is 1.19. The summed E-state index contributed by atoms with van der Waals surface area (Å²) >= 11 is 6.87. The second-order valence-corrected chi connectivity index (χ2v) is 10.7. The van der Waals surface area contributed by atoms with Gasteiger partial charge < -0.3 is 10.2 Å². The van der Waals surface area contributed by atoms with E-state index in [0.29, 0.717) is 17.3 Å². The number of halogens is 7. The number of likely N-dealkylation sites (tertiary alicyclic amines) is 1. The summed E-state index contributed by atoms with van der Waals surface area (Å²) in [5, 5.41) is 6.06. The van der Waals surface area contributed by atoms with Crippen molar-refractivity contribution in [3.63, 3.8) is 0 Å². The fraction of sp³-hybridized carbons (Fsp3) is 0.370. The van der Waals surface area contributed by atoms with Gasteiger partial charge in [0.25, 0.3) is 5.91 Å². The van der Waals surface area contributed by atoms with Gasteiger partial charge >= 0.3 is 12.4 Å². The number of fused-ring (bicyclic) bond motifs is 1.